The lowest BCUT2D eigenvalue weighted by atomic mass is 10.0. The maximum Gasteiger partial charge on any atom is 0.328 e. The van der Waals surface area contributed by atoms with Crippen LogP contribution in [0.3, 0.4) is 0 Å². The molecule has 0 heterocycles. The van der Waals surface area contributed by atoms with Crippen LogP contribution in [0, 0.1) is 5.92 Å². The maximum absolute atomic E-state index is 13.3. The van der Waals surface area contributed by atoms with E-state index >= 15 is 0 Å². The van der Waals surface area contributed by atoms with Crippen molar-refractivity contribution in [3.05, 3.63) is 0 Å². The summed E-state index contributed by atoms with van der Waals surface area (Å²) in [6.07, 6.45) is -3.91. The number of nitrogens with two attached hydrogens (primary N) is 2. The predicted molar refractivity (Wildman–Crippen MR) is 168 cm³/mol. The summed E-state index contributed by atoms with van der Waals surface area (Å²) >= 11 is 0. The number of carboxylic acids is 1. The zero-order chi connectivity index (χ0) is 38.2. The summed E-state index contributed by atoms with van der Waals surface area (Å²) in [5, 5.41) is 61.6. The van der Waals surface area contributed by atoms with Gasteiger partial charge in [0, 0.05) is 6.42 Å². The lowest BCUT2D eigenvalue weighted by Crippen LogP contribution is -2.63. The average molecular weight is 707 g/mol. The summed E-state index contributed by atoms with van der Waals surface area (Å²) in [5.74, 6) is -8.92. The molecule has 21 heteroatoms. The number of aliphatic carboxylic acids is 1. The first kappa shape index (κ1) is 44.6. The molecule has 0 aromatic carbocycles. The summed E-state index contributed by atoms with van der Waals surface area (Å²) in [4.78, 5) is 99.7. The third-order valence-corrected chi connectivity index (χ3v) is 6.80. The van der Waals surface area contributed by atoms with Crippen molar-refractivity contribution in [2.45, 2.75) is 108 Å². The molecule has 0 bridgehead atoms. The molecule has 0 fully saturated rings. The Morgan fingerprint density at radius 1 is 0.571 bits per heavy atom. The first-order valence-corrected chi connectivity index (χ1v) is 15.3. The van der Waals surface area contributed by atoms with Gasteiger partial charge in [-0.3, -0.25) is 33.6 Å². The minimum Gasteiger partial charge on any atom is -0.480 e. The van der Waals surface area contributed by atoms with Crippen molar-refractivity contribution in [2.24, 2.45) is 17.4 Å². The van der Waals surface area contributed by atoms with Gasteiger partial charge in [0.1, 0.15) is 36.3 Å². The standard InChI is InChI=1S/C28H50N8O13/c1-11(2)8-16(24(44)31-15(6-7-19(30)41)23(43)34-18(10-38)28(48)49)32-26(46)21(14(5)40)36-25(45)17(9-37)33-27(47)20(13(4)39)35-22(42)12(3)29/h11-18,20-21,37-40H,6-10,29H2,1-5H3,(H2,30,41)(H,31,44)(H,32,46)(H,33,47)(H,34,43)(H,35,42)(H,36,45)(H,48,49)/t12-,13+,14+,15-,16-,17-,18-,20-,21-/m0/s1. The molecule has 280 valence electrons. The Bertz CT molecular complexity index is 1180. The number of carbonyl (C=O) groups excluding carboxylic acids is 7. The topological polar surface area (TPSA) is 362 Å². The largest absolute Gasteiger partial charge is 0.480 e. The first-order valence-electron chi connectivity index (χ1n) is 15.3. The molecule has 0 rings (SSSR count). The highest BCUT2D eigenvalue weighted by molar-refractivity contribution is 5.97. The van der Waals surface area contributed by atoms with Crippen LogP contribution in [0.15, 0.2) is 0 Å². The second kappa shape index (κ2) is 21.5. The van der Waals surface area contributed by atoms with Crippen LogP contribution in [0.1, 0.15) is 53.9 Å². The van der Waals surface area contributed by atoms with Crippen molar-refractivity contribution in [1.82, 2.24) is 31.9 Å². The van der Waals surface area contributed by atoms with Gasteiger partial charge in [-0.15, -0.1) is 0 Å². The van der Waals surface area contributed by atoms with Gasteiger partial charge in [0.25, 0.3) is 0 Å². The number of primary amides is 1. The van der Waals surface area contributed by atoms with Gasteiger partial charge in [-0.2, -0.15) is 0 Å². The number of amides is 7. The van der Waals surface area contributed by atoms with E-state index in [4.69, 9.17) is 16.6 Å². The fraction of sp³-hybridized carbons (Fsp3) is 0.714. The van der Waals surface area contributed by atoms with Gasteiger partial charge in [-0.25, -0.2) is 4.79 Å². The quantitative estimate of drug-likeness (QED) is 0.0498. The molecule has 0 saturated heterocycles. The predicted octanol–water partition coefficient (Wildman–Crippen LogP) is -6.62. The van der Waals surface area contributed by atoms with Crippen molar-refractivity contribution in [2.75, 3.05) is 13.2 Å². The molecule has 9 atom stereocenters. The monoisotopic (exact) mass is 706 g/mol. The molecule has 0 aliphatic rings. The molecule has 0 aromatic heterocycles. The van der Waals surface area contributed by atoms with Gasteiger partial charge in [-0.1, -0.05) is 13.8 Å². The Balaban J connectivity index is 6.00. The minimum atomic E-state index is -1.78. The summed E-state index contributed by atoms with van der Waals surface area (Å²) in [7, 11) is 0. The fourth-order valence-electron chi connectivity index (χ4n) is 4.05. The third kappa shape index (κ3) is 16.0. The lowest BCUT2D eigenvalue weighted by Gasteiger charge is -2.28. The van der Waals surface area contributed by atoms with Crippen molar-refractivity contribution in [1.29, 1.82) is 0 Å². The number of rotatable bonds is 22. The van der Waals surface area contributed by atoms with Crippen LogP contribution in [-0.2, 0) is 38.4 Å². The summed E-state index contributed by atoms with van der Waals surface area (Å²) in [5.41, 5.74) is 10.6. The summed E-state index contributed by atoms with van der Waals surface area (Å²) in [6.45, 7) is 4.97. The minimum absolute atomic E-state index is 0.0558. The van der Waals surface area contributed by atoms with Gasteiger partial charge in [0.05, 0.1) is 31.5 Å². The van der Waals surface area contributed by atoms with Crippen LogP contribution >= 0.6 is 0 Å². The Labute approximate surface area is 282 Å². The number of carbonyl (C=O) groups is 8. The first-order chi connectivity index (χ1) is 22.7. The molecular weight excluding hydrogens is 656 g/mol. The normalized spacial score (nSPS) is 16.6. The molecule has 7 amide bonds. The van der Waals surface area contributed by atoms with Crippen LogP contribution in [0.2, 0.25) is 0 Å². The highest BCUT2D eigenvalue weighted by Crippen LogP contribution is 2.09. The van der Waals surface area contributed by atoms with E-state index in [0.29, 0.717) is 0 Å². The number of aliphatic hydroxyl groups is 4. The van der Waals surface area contributed by atoms with Crippen molar-refractivity contribution < 1.29 is 63.9 Å². The van der Waals surface area contributed by atoms with Crippen LogP contribution < -0.4 is 43.4 Å². The third-order valence-electron chi connectivity index (χ3n) is 6.80. The Morgan fingerprint density at radius 2 is 0.959 bits per heavy atom. The van der Waals surface area contributed by atoms with E-state index in [1.807, 2.05) is 5.32 Å². The van der Waals surface area contributed by atoms with Crippen LogP contribution in [0.25, 0.3) is 0 Å². The summed E-state index contributed by atoms with van der Waals surface area (Å²) < 4.78 is 0. The van der Waals surface area contributed by atoms with E-state index in [9.17, 15) is 58.8 Å². The van der Waals surface area contributed by atoms with Crippen molar-refractivity contribution >= 4 is 47.3 Å². The zero-order valence-electron chi connectivity index (χ0n) is 28.0. The molecule has 21 nitrogen and oxygen atoms in total. The second-order valence-electron chi connectivity index (χ2n) is 11.8. The number of nitrogens with one attached hydrogen (secondary N) is 6. The molecule has 0 radical (unpaired) electrons. The molecule has 0 aromatic rings. The van der Waals surface area contributed by atoms with Gasteiger partial charge in [0.15, 0.2) is 0 Å². The summed E-state index contributed by atoms with van der Waals surface area (Å²) in [6, 6.07) is -10.9. The van der Waals surface area contributed by atoms with E-state index in [1.54, 1.807) is 13.8 Å². The van der Waals surface area contributed by atoms with E-state index in [-0.39, 0.29) is 18.8 Å². The highest BCUT2D eigenvalue weighted by Gasteiger charge is 2.35. The van der Waals surface area contributed by atoms with Gasteiger partial charge in [0.2, 0.25) is 41.4 Å². The molecule has 0 aliphatic heterocycles. The van der Waals surface area contributed by atoms with Crippen LogP contribution in [0.5, 0.6) is 0 Å². The highest BCUT2D eigenvalue weighted by atomic mass is 16.4. The average Bonchev–Trinajstić information content (AvgIpc) is 2.99. The maximum atomic E-state index is 13.3. The fourth-order valence-corrected chi connectivity index (χ4v) is 4.05. The van der Waals surface area contributed by atoms with E-state index in [0.717, 1.165) is 6.92 Å². The molecule has 0 unspecified atom stereocenters. The molecule has 15 N–H and O–H groups in total. The molecule has 0 spiro atoms. The molecular formula is C28H50N8O13. The van der Waals surface area contributed by atoms with E-state index in [1.165, 1.54) is 13.8 Å². The molecule has 0 saturated carbocycles. The SMILES string of the molecule is CC(C)C[C@H](NC(=O)[C@@H](NC(=O)[C@H](CO)NC(=O)[C@@H](NC(=O)[C@H](C)N)[C@@H](C)O)[C@@H](C)O)C(=O)N[C@@H](CCC(N)=O)C(=O)N[C@@H](CO)C(=O)O. The Hall–Kier alpha value is -4.44. The van der Waals surface area contributed by atoms with Crippen LogP contribution in [-0.4, -0.2) is 141 Å². The smallest absolute Gasteiger partial charge is 0.328 e. The zero-order valence-corrected chi connectivity index (χ0v) is 28.0. The number of hydrogen-bond donors (Lipinski definition) is 13. The number of hydrogen-bond acceptors (Lipinski definition) is 13. The molecule has 49 heavy (non-hydrogen) atoms. The Kier molecular flexibility index (Phi) is 19.6. The molecule has 0 aliphatic carbocycles. The van der Waals surface area contributed by atoms with E-state index < -0.39 is 121 Å². The number of aliphatic hydroxyl groups excluding tert-OH is 4. The van der Waals surface area contributed by atoms with Gasteiger partial charge < -0.3 is 68.9 Å². The van der Waals surface area contributed by atoms with Crippen molar-refractivity contribution in [3.63, 3.8) is 0 Å². The van der Waals surface area contributed by atoms with Gasteiger partial charge in [-0.05, 0) is 39.5 Å². The van der Waals surface area contributed by atoms with Gasteiger partial charge >= 0.3 is 5.97 Å². The second-order valence-corrected chi connectivity index (χ2v) is 11.8. The van der Waals surface area contributed by atoms with Crippen LogP contribution in [0.4, 0.5) is 0 Å². The van der Waals surface area contributed by atoms with Crippen molar-refractivity contribution in [3.8, 4) is 0 Å². The lowest BCUT2D eigenvalue weighted by molar-refractivity contribution is -0.143. The number of carboxylic acid groups (broad SMARTS) is 1. The Morgan fingerprint density at radius 3 is 1.35 bits per heavy atom. The van der Waals surface area contributed by atoms with E-state index in [2.05, 4.69) is 26.6 Å².